The molecular formula is C14H26N2O. The Labute approximate surface area is 105 Å². The SMILES string of the molecule is CCCCC(C)N1C(=O)C2(CC2)NC1CCC. The smallest absolute Gasteiger partial charge is 0.244 e. The molecule has 1 aliphatic heterocycles. The van der Waals surface area contributed by atoms with Crippen molar-refractivity contribution in [2.45, 2.75) is 83.5 Å². The normalized spacial score (nSPS) is 27.8. The van der Waals surface area contributed by atoms with Gasteiger partial charge in [0.15, 0.2) is 0 Å². The summed E-state index contributed by atoms with van der Waals surface area (Å²) >= 11 is 0. The fourth-order valence-corrected chi connectivity index (χ4v) is 2.95. The van der Waals surface area contributed by atoms with E-state index in [2.05, 4.69) is 31.0 Å². The minimum atomic E-state index is -0.139. The Kier molecular flexibility index (Phi) is 3.76. The molecule has 0 radical (unpaired) electrons. The first-order valence-electron chi connectivity index (χ1n) is 7.25. The Morgan fingerprint density at radius 3 is 2.65 bits per heavy atom. The van der Waals surface area contributed by atoms with Crippen molar-refractivity contribution in [1.29, 1.82) is 0 Å². The highest BCUT2D eigenvalue weighted by atomic mass is 16.2. The molecule has 1 spiro atoms. The van der Waals surface area contributed by atoms with E-state index in [0.717, 1.165) is 32.1 Å². The molecule has 1 saturated carbocycles. The molecule has 1 aliphatic carbocycles. The third-order valence-electron chi connectivity index (χ3n) is 4.19. The number of hydrogen-bond donors (Lipinski definition) is 1. The Hall–Kier alpha value is -0.570. The van der Waals surface area contributed by atoms with Gasteiger partial charge in [0.25, 0.3) is 0 Å². The van der Waals surface area contributed by atoms with Crippen LogP contribution in [0.15, 0.2) is 0 Å². The van der Waals surface area contributed by atoms with Crippen LogP contribution in [0, 0.1) is 0 Å². The second kappa shape index (κ2) is 4.97. The second-order valence-corrected chi connectivity index (χ2v) is 5.73. The monoisotopic (exact) mass is 238 g/mol. The fraction of sp³-hybridized carbons (Fsp3) is 0.929. The molecule has 98 valence electrons. The first-order valence-corrected chi connectivity index (χ1v) is 7.25. The number of amides is 1. The van der Waals surface area contributed by atoms with Crippen molar-refractivity contribution in [2.24, 2.45) is 0 Å². The van der Waals surface area contributed by atoms with Crippen molar-refractivity contribution in [3.8, 4) is 0 Å². The van der Waals surface area contributed by atoms with Crippen LogP contribution >= 0.6 is 0 Å². The van der Waals surface area contributed by atoms with Gasteiger partial charge in [-0.25, -0.2) is 0 Å². The van der Waals surface area contributed by atoms with Crippen LogP contribution in [-0.4, -0.2) is 28.6 Å². The molecule has 1 saturated heterocycles. The van der Waals surface area contributed by atoms with Crippen molar-refractivity contribution >= 4 is 5.91 Å². The lowest BCUT2D eigenvalue weighted by molar-refractivity contribution is -0.132. The molecule has 2 unspecified atom stereocenters. The van der Waals surface area contributed by atoms with E-state index in [4.69, 9.17) is 0 Å². The zero-order valence-corrected chi connectivity index (χ0v) is 11.5. The van der Waals surface area contributed by atoms with Crippen LogP contribution in [0.25, 0.3) is 0 Å². The summed E-state index contributed by atoms with van der Waals surface area (Å²) in [5.74, 6) is 0.375. The van der Waals surface area contributed by atoms with Gasteiger partial charge in [-0.15, -0.1) is 0 Å². The summed E-state index contributed by atoms with van der Waals surface area (Å²) in [4.78, 5) is 14.6. The van der Waals surface area contributed by atoms with Gasteiger partial charge in [0.1, 0.15) is 0 Å². The Morgan fingerprint density at radius 2 is 2.12 bits per heavy atom. The molecule has 3 heteroatoms. The first-order chi connectivity index (χ1) is 8.14. The number of rotatable bonds is 6. The molecule has 3 nitrogen and oxygen atoms in total. The number of unbranched alkanes of at least 4 members (excludes halogenated alkanes) is 1. The van der Waals surface area contributed by atoms with E-state index in [9.17, 15) is 4.79 Å². The Balaban J connectivity index is 2.03. The zero-order valence-electron chi connectivity index (χ0n) is 11.5. The highest BCUT2D eigenvalue weighted by Gasteiger charge is 2.59. The molecule has 1 N–H and O–H groups in total. The third-order valence-corrected chi connectivity index (χ3v) is 4.19. The van der Waals surface area contributed by atoms with E-state index < -0.39 is 0 Å². The molecule has 17 heavy (non-hydrogen) atoms. The van der Waals surface area contributed by atoms with Crippen LogP contribution in [0.4, 0.5) is 0 Å². The maximum atomic E-state index is 12.4. The van der Waals surface area contributed by atoms with Crippen molar-refractivity contribution in [1.82, 2.24) is 10.2 Å². The molecule has 0 bridgehead atoms. The Morgan fingerprint density at radius 1 is 1.41 bits per heavy atom. The van der Waals surface area contributed by atoms with Gasteiger partial charge in [0.05, 0.1) is 11.7 Å². The quantitative estimate of drug-likeness (QED) is 0.771. The minimum Gasteiger partial charge on any atom is -0.323 e. The maximum Gasteiger partial charge on any atom is 0.244 e. The molecule has 2 fully saturated rings. The van der Waals surface area contributed by atoms with Crippen LogP contribution < -0.4 is 5.32 Å². The fourth-order valence-electron chi connectivity index (χ4n) is 2.95. The molecule has 2 rings (SSSR count). The minimum absolute atomic E-state index is 0.139. The number of nitrogens with zero attached hydrogens (tertiary/aromatic N) is 1. The van der Waals surface area contributed by atoms with Gasteiger partial charge in [0.2, 0.25) is 5.91 Å². The molecule has 0 aromatic rings. The number of carbonyl (C=O) groups is 1. The summed E-state index contributed by atoms with van der Waals surface area (Å²) in [6.45, 7) is 6.61. The average molecular weight is 238 g/mol. The van der Waals surface area contributed by atoms with E-state index in [0.29, 0.717) is 18.1 Å². The topological polar surface area (TPSA) is 32.3 Å². The standard InChI is InChI=1S/C14H26N2O/c1-4-6-8-11(3)16-12(7-5-2)15-14(9-10-14)13(16)17/h11-12,15H,4-10H2,1-3H3. The van der Waals surface area contributed by atoms with Crippen LogP contribution in [0.2, 0.25) is 0 Å². The average Bonchev–Trinajstić information content (AvgIpc) is 3.02. The Bertz CT molecular complexity index is 286. The van der Waals surface area contributed by atoms with E-state index >= 15 is 0 Å². The molecule has 2 aliphatic rings. The molecule has 0 aromatic heterocycles. The van der Waals surface area contributed by atoms with Gasteiger partial charge in [-0.2, -0.15) is 0 Å². The summed E-state index contributed by atoms with van der Waals surface area (Å²) in [5, 5.41) is 3.58. The van der Waals surface area contributed by atoms with E-state index in [1.807, 2.05) is 0 Å². The third kappa shape index (κ3) is 2.35. The maximum absolute atomic E-state index is 12.4. The number of nitrogens with one attached hydrogen (secondary N) is 1. The second-order valence-electron chi connectivity index (χ2n) is 5.73. The predicted octanol–water partition coefficient (Wildman–Crippen LogP) is 2.66. The van der Waals surface area contributed by atoms with Gasteiger partial charge in [-0.1, -0.05) is 33.1 Å². The summed E-state index contributed by atoms with van der Waals surface area (Å²) in [5.41, 5.74) is -0.139. The molecule has 1 heterocycles. The lowest BCUT2D eigenvalue weighted by Crippen LogP contribution is -2.43. The van der Waals surface area contributed by atoms with Gasteiger partial charge >= 0.3 is 0 Å². The summed E-state index contributed by atoms with van der Waals surface area (Å²) in [6, 6.07) is 0.395. The van der Waals surface area contributed by atoms with E-state index in [-0.39, 0.29) is 5.54 Å². The van der Waals surface area contributed by atoms with Gasteiger partial charge in [0, 0.05) is 6.04 Å². The molecule has 0 aromatic carbocycles. The van der Waals surface area contributed by atoms with E-state index in [1.165, 1.54) is 12.8 Å². The molecule has 2 atom stereocenters. The van der Waals surface area contributed by atoms with Crippen LogP contribution in [0.3, 0.4) is 0 Å². The molecule has 1 amide bonds. The lowest BCUT2D eigenvalue weighted by atomic mass is 10.1. The van der Waals surface area contributed by atoms with Crippen LogP contribution in [-0.2, 0) is 4.79 Å². The lowest BCUT2D eigenvalue weighted by Gasteiger charge is -2.30. The van der Waals surface area contributed by atoms with Crippen molar-refractivity contribution in [2.75, 3.05) is 0 Å². The van der Waals surface area contributed by atoms with Crippen molar-refractivity contribution < 1.29 is 4.79 Å². The van der Waals surface area contributed by atoms with Gasteiger partial charge in [-0.05, 0) is 32.6 Å². The van der Waals surface area contributed by atoms with Gasteiger partial charge < -0.3 is 4.90 Å². The van der Waals surface area contributed by atoms with Crippen molar-refractivity contribution in [3.63, 3.8) is 0 Å². The zero-order chi connectivity index (χ0) is 12.5. The number of hydrogen-bond acceptors (Lipinski definition) is 2. The number of carbonyl (C=O) groups excluding carboxylic acids is 1. The van der Waals surface area contributed by atoms with Crippen LogP contribution in [0.1, 0.15) is 65.7 Å². The largest absolute Gasteiger partial charge is 0.323 e. The highest BCUT2D eigenvalue weighted by molar-refractivity contribution is 5.92. The summed E-state index contributed by atoms with van der Waals surface area (Å²) < 4.78 is 0. The van der Waals surface area contributed by atoms with Crippen molar-refractivity contribution in [3.05, 3.63) is 0 Å². The first kappa shape index (κ1) is 12.9. The molecular weight excluding hydrogens is 212 g/mol. The van der Waals surface area contributed by atoms with E-state index in [1.54, 1.807) is 0 Å². The summed E-state index contributed by atoms with van der Waals surface area (Å²) in [6.07, 6.45) is 8.18. The highest BCUT2D eigenvalue weighted by Crippen LogP contribution is 2.43. The van der Waals surface area contributed by atoms with Crippen LogP contribution in [0.5, 0.6) is 0 Å². The van der Waals surface area contributed by atoms with Gasteiger partial charge in [-0.3, -0.25) is 10.1 Å². The predicted molar refractivity (Wildman–Crippen MR) is 69.6 cm³/mol. The summed E-state index contributed by atoms with van der Waals surface area (Å²) in [7, 11) is 0.